The van der Waals surface area contributed by atoms with Gasteiger partial charge in [-0.15, -0.1) is 0 Å². The van der Waals surface area contributed by atoms with Crippen LogP contribution in [0, 0.1) is 12.8 Å². The number of carbonyl (C=O) groups excluding carboxylic acids is 2. The number of hydrogen-bond donors (Lipinski definition) is 1. The minimum absolute atomic E-state index is 0.0311. The summed E-state index contributed by atoms with van der Waals surface area (Å²) in [5, 5.41) is 2.84. The zero-order valence-electron chi connectivity index (χ0n) is 17.1. The van der Waals surface area contributed by atoms with E-state index in [1.807, 2.05) is 31.2 Å². The molecule has 1 N–H and O–H groups in total. The van der Waals surface area contributed by atoms with Crippen molar-refractivity contribution in [2.75, 3.05) is 25.5 Å². The van der Waals surface area contributed by atoms with Crippen molar-refractivity contribution < 1.29 is 22.7 Å². The van der Waals surface area contributed by atoms with Crippen LogP contribution in [0.4, 0.5) is 5.69 Å². The van der Waals surface area contributed by atoms with Crippen molar-refractivity contribution in [1.29, 1.82) is 0 Å². The summed E-state index contributed by atoms with van der Waals surface area (Å²) in [7, 11) is -2.10. The molecular formula is C22H26N2O5S. The molecule has 1 heterocycles. The lowest BCUT2D eigenvalue weighted by Crippen LogP contribution is -2.41. The quantitative estimate of drug-likeness (QED) is 0.712. The molecule has 30 heavy (non-hydrogen) atoms. The van der Waals surface area contributed by atoms with Gasteiger partial charge in [0.1, 0.15) is 0 Å². The molecule has 2 aromatic rings. The van der Waals surface area contributed by atoms with Gasteiger partial charge in [-0.2, -0.15) is 0 Å². The molecule has 1 fully saturated rings. The third kappa shape index (κ3) is 5.46. The summed E-state index contributed by atoms with van der Waals surface area (Å²) >= 11 is 0. The molecule has 0 atom stereocenters. The molecule has 160 valence electrons. The third-order valence-electron chi connectivity index (χ3n) is 5.26. The van der Waals surface area contributed by atoms with E-state index in [1.54, 1.807) is 24.3 Å². The number of aryl methyl sites for hydroxylation is 1. The van der Waals surface area contributed by atoms with E-state index in [2.05, 4.69) is 10.1 Å². The van der Waals surface area contributed by atoms with Crippen LogP contribution in [-0.4, -0.2) is 44.8 Å². The number of methoxy groups -OCH3 is 1. The Balaban J connectivity index is 1.53. The maximum absolute atomic E-state index is 12.7. The summed E-state index contributed by atoms with van der Waals surface area (Å²) in [5.74, 6) is -0.865. The molecule has 1 aliphatic rings. The molecule has 0 aliphatic carbocycles. The van der Waals surface area contributed by atoms with Crippen LogP contribution in [-0.2, 0) is 25.3 Å². The minimum Gasteiger partial charge on any atom is -0.465 e. The first-order valence-electron chi connectivity index (χ1n) is 9.81. The van der Waals surface area contributed by atoms with Crippen LogP contribution in [0.1, 0.15) is 34.3 Å². The zero-order chi connectivity index (χ0) is 21.7. The SMILES string of the molecule is COC(=O)c1ccc(NC(=O)C2CCN(S(=O)(=O)Cc3ccc(C)cc3)CC2)cc1. The van der Waals surface area contributed by atoms with E-state index >= 15 is 0 Å². The molecule has 2 aromatic carbocycles. The Morgan fingerprint density at radius 2 is 1.63 bits per heavy atom. The Kier molecular flexibility index (Phi) is 6.89. The van der Waals surface area contributed by atoms with Gasteiger partial charge in [-0.1, -0.05) is 29.8 Å². The fraction of sp³-hybridized carbons (Fsp3) is 0.364. The van der Waals surface area contributed by atoms with Gasteiger partial charge in [-0.3, -0.25) is 4.79 Å². The molecule has 0 aromatic heterocycles. The van der Waals surface area contributed by atoms with Gasteiger partial charge in [0, 0.05) is 24.7 Å². The lowest BCUT2D eigenvalue weighted by molar-refractivity contribution is -0.120. The van der Waals surface area contributed by atoms with Gasteiger partial charge in [0.15, 0.2) is 0 Å². The maximum Gasteiger partial charge on any atom is 0.337 e. The van der Waals surface area contributed by atoms with Crippen LogP contribution < -0.4 is 5.32 Å². The van der Waals surface area contributed by atoms with Crippen molar-refractivity contribution in [3.8, 4) is 0 Å². The number of amides is 1. The Hall–Kier alpha value is -2.71. The van der Waals surface area contributed by atoms with Gasteiger partial charge in [0.25, 0.3) is 0 Å². The molecule has 0 radical (unpaired) electrons. The molecule has 8 heteroatoms. The molecule has 0 saturated carbocycles. The largest absolute Gasteiger partial charge is 0.465 e. The molecule has 0 bridgehead atoms. The average Bonchev–Trinajstić information content (AvgIpc) is 2.75. The normalized spacial score (nSPS) is 15.5. The maximum atomic E-state index is 12.7. The summed E-state index contributed by atoms with van der Waals surface area (Å²) in [6, 6.07) is 13.9. The second-order valence-electron chi connectivity index (χ2n) is 7.47. The van der Waals surface area contributed by atoms with E-state index in [9.17, 15) is 18.0 Å². The molecule has 1 saturated heterocycles. The summed E-state index contributed by atoms with van der Waals surface area (Å²) in [5.41, 5.74) is 2.84. The minimum atomic E-state index is -3.41. The Morgan fingerprint density at radius 3 is 2.20 bits per heavy atom. The number of hydrogen-bond acceptors (Lipinski definition) is 5. The number of sulfonamides is 1. The van der Waals surface area contributed by atoms with Gasteiger partial charge < -0.3 is 10.1 Å². The second kappa shape index (κ2) is 9.40. The fourth-order valence-corrected chi connectivity index (χ4v) is 5.00. The number of anilines is 1. The molecule has 7 nitrogen and oxygen atoms in total. The number of ether oxygens (including phenoxy) is 1. The highest BCUT2D eigenvalue weighted by atomic mass is 32.2. The first-order valence-corrected chi connectivity index (χ1v) is 11.4. The Labute approximate surface area is 177 Å². The van der Waals surface area contributed by atoms with Crippen molar-refractivity contribution in [2.45, 2.75) is 25.5 Å². The van der Waals surface area contributed by atoms with Crippen molar-refractivity contribution >= 4 is 27.6 Å². The van der Waals surface area contributed by atoms with E-state index in [0.717, 1.165) is 11.1 Å². The number of benzene rings is 2. The first kappa shape index (κ1) is 22.0. The molecule has 0 spiro atoms. The summed E-state index contributed by atoms with van der Waals surface area (Å²) in [4.78, 5) is 24.0. The van der Waals surface area contributed by atoms with Crippen LogP contribution in [0.15, 0.2) is 48.5 Å². The molecule has 0 unspecified atom stereocenters. The van der Waals surface area contributed by atoms with Crippen molar-refractivity contribution in [1.82, 2.24) is 4.31 Å². The van der Waals surface area contributed by atoms with E-state index in [0.29, 0.717) is 37.2 Å². The predicted octanol–water partition coefficient (Wildman–Crippen LogP) is 2.96. The van der Waals surface area contributed by atoms with Crippen molar-refractivity contribution in [3.05, 3.63) is 65.2 Å². The summed E-state index contributed by atoms with van der Waals surface area (Å²) in [6.07, 6.45) is 0.943. The Morgan fingerprint density at radius 1 is 1.03 bits per heavy atom. The Bertz CT molecular complexity index is 993. The number of rotatable bonds is 6. The lowest BCUT2D eigenvalue weighted by atomic mass is 9.97. The number of nitrogens with one attached hydrogen (secondary N) is 1. The smallest absolute Gasteiger partial charge is 0.337 e. The van der Waals surface area contributed by atoms with Crippen LogP contribution in [0.3, 0.4) is 0 Å². The molecule has 1 aliphatic heterocycles. The van der Waals surface area contributed by atoms with Crippen molar-refractivity contribution in [2.24, 2.45) is 5.92 Å². The van der Waals surface area contributed by atoms with E-state index in [1.165, 1.54) is 11.4 Å². The first-order chi connectivity index (χ1) is 14.3. The van der Waals surface area contributed by atoms with E-state index in [4.69, 9.17) is 0 Å². The topological polar surface area (TPSA) is 92.8 Å². The highest BCUT2D eigenvalue weighted by Gasteiger charge is 2.31. The lowest BCUT2D eigenvalue weighted by Gasteiger charge is -2.30. The molecule has 3 rings (SSSR count). The fourth-order valence-electron chi connectivity index (χ4n) is 3.43. The zero-order valence-corrected chi connectivity index (χ0v) is 17.9. The van der Waals surface area contributed by atoms with Crippen LogP contribution in [0.2, 0.25) is 0 Å². The van der Waals surface area contributed by atoms with Gasteiger partial charge in [-0.05, 0) is 49.6 Å². The second-order valence-corrected chi connectivity index (χ2v) is 9.44. The standard InChI is InChI=1S/C22H26N2O5S/c1-16-3-5-17(6-4-16)15-30(27,28)24-13-11-18(12-14-24)21(25)23-20-9-7-19(8-10-20)22(26)29-2/h3-10,18H,11-15H2,1-2H3,(H,23,25). The van der Waals surface area contributed by atoms with Gasteiger partial charge in [0.05, 0.1) is 18.4 Å². The number of esters is 1. The van der Waals surface area contributed by atoms with E-state index < -0.39 is 16.0 Å². The summed E-state index contributed by atoms with van der Waals surface area (Å²) < 4.78 is 31.5. The van der Waals surface area contributed by atoms with Crippen LogP contribution in [0.25, 0.3) is 0 Å². The number of piperidine rings is 1. The third-order valence-corrected chi connectivity index (χ3v) is 7.11. The number of carbonyl (C=O) groups is 2. The van der Waals surface area contributed by atoms with Crippen LogP contribution >= 0.6 is 0 Å². The van der Waals surface area contributed by atoms with Crippen molar-refractivity contribution in [3.63, 3.8) is 0 Å². The highest BCUT2D eigenvalue weighted by Crippen LogP contribution is 2.23. The average molecular weight is 431 g/mol. The van der Waals surface area contributed by atoms with Crippen LogP contribution in [0.5, 0.6) is 0 Å². The predicted molar refractivity (Wildman–Crippen MR) is 115 cm³/mol. The number of nitrogens with zero attached hydrogens (tertiary/aromatic N) is 1. The highest BCUT2D eigenvalue weighted by molar-refractivity contribution is 7.88. The van der Waals surface area contributed by atoms with E-state index in [-0.39, 0.29) is 17.6 Å². The summed E-state index contributed by atoms with van der Waals surface area (Å²) in [6.45, 7) is 2.61. The molecular weight excluding hydrogens is 404 g/mol. The van der Waals surface area contributed by atoms with Gasteiger partial charge in [0.2, 0.25) is 15.9 Å². The monoisotopic (exact) mass is 430 g/mol. The van der Waals surface area contributed by atoms with Gasteiger partial charge in [-0.25, -0.2) is 17.5 Å². The van der Waals surface area contributed by atoms with Gasteiger partial charge >= 0.3 is 5.97 Å². The molecule has 1 amide bonds.